The highest BCUT2D eigenvalue weighted by molar-refractivity contribution is 5.63. The van der Waals surface area contributed by atoms with Gasteiger partial charge in [-0.15, -0.1) is 0 Å². The SMILES string of the molecule is CC(C)(C)C(O)COc1ccc(-c2ccccc2)cc1. The zero-order chi connectivity index (χ0) is 14.6. The van der Waals surface area contributed by atoms with Crippen LogP contribution in [-0.4, -0.2) is 17.8 Å². The lowest BCUT2D eigenvalue weighted by Gasteiger charge is -2.25. The van der Waals surface area contributed by atoms with Crippen molar-refractivity contribution in [3.63, 3.8) is 0 Å². The van der Waals surface area contributed by atoms with Crippen LogP contribution in [0.15, 0.2) is 54.6 Å². The van der Waals surface area contributed by atoms with Gasteiger partial charge in [-0.2, -0.15) is 0 Å². The van der Waals surface area contributed by atoms with E-state index in [1.54, 1.807) is 0 Å². The summed E-state index contributed by atoms with van der Waals surface area (Å²) in [6.45, 7) is 6.31. The van der Waals surface area contributed by atoms with Crippen LogP contribution >= 0.6 is 0 Å². The molecule has 0 aliphatic rings. The van der Waals surface area contributed by atoms with Gasteiger partial charge in [0.1, 0.15) is 12.4 Å². The Morgan fingerprint density at radius 3 is 2.00 bits per heavy atom. The van der Waals surface area contributed by atoms with Crippen molar-refractivity contribution >= 4 is 0 Å². The number of rotatable bonds is 4. The monoisotopic (exact) mass is 270 g/mol. The van der Waals surface area contributed by atoms with E-state index in [1.807, 2.05) is 63.2 Å². The van der Waals surface area contributed by atoms with Crippen LogP contribution in [0.4, 0.5) is 0 Å². The van der Waals surface area contributed by atoms with E-state index in [2.05, 4.69) is 12.1 Å². The van der Waals surface area contributed by atoms with Gasteiger partial charge >= 0.3 is 0 Å². The van der Waals surface area contributed by atoms with Crippen molar-refractivity contribution in [1.29, 1.82) is 0 Å². The first kappa shape index (κ1) is 14.6. The molecule has 2 nitrogen and oxygen atoms in total. The highest BCUT2D eigenvalue weighted by atomic mass is 16.5. The maximum Gasteiger partial charge on any atom is 0.119 e. The molecule has 0 saturated heterocycles. The molecule has 0 aliphatic carbocycles. The van der Waals surface area contributed by atoms with Crippen LogP contribution in [0.2, 0.25) is 0 Å². The number of benzene rings is 2. The van der Waals surface area contributed by atoms with Crippen LogP contribution in [0.3, 0.4) is 0 Å². The zero-order valence-corrected chi connectivity index (χ0v) is 12.3. The first-order chi connectivity index (χ1) is 9.47. The van der Waals surface area contributed by atoms with Crippen molar-refractivity contribution in [2.45, 2.75) is 26.9 Å². The number of ether oxygens (including phenoxy) is 1. The average molecular weight is 270 g/mol. The maximum atomic E-state index is 9.95. The predicted molar refractivity (Wildman–Crippen MR) is 82.8 cm³/mol. The Hall–Kier alpha value is -1.80. The molecule has 0 spiro atoms. The minimum atomic E-state index is -0.476. The Morgan fingerprint density at radius 2 is 1.45 bits per heavy atom. The Bertz CT molecular complexity index is 524. The minimum Gasteiger partial charge on any atom is -0.491 e. The Morgan fingerprint density at radius 1 is 0.900 bits per heavy atom. The van der Waals surface area contributed by atoms with E-state index < -0.39 is 6.10 Å². The van der Waals surface area contributed by atoms with E-state index in [-0.39, 0.29) is 5.41 Å². The van der Waals surface area contributed by atoms with Gasteiger partial charge in [-0.05, 0) is 28.7 Å². The molecule has 0 aromatic heterocycles. The second-order valence-corrected chi connectivity index (χ2v) is 6.08. The van der Waals surface area contributed by atoms with E-state index in [1.165, 1.54) is 5.56 Å². The molecule has 0 radical (unpaired) electrons. The van der Waals surface area contributed by atoms with Gasteiger partial charge in [-0.1, -0.05) is 63.2 Å². The highest BCUT2D eigenvalue weighted by Gasteiger charge is 2.22. The Labute approximate surface area is 121 Å². The summed E-state index contributed by atoms with van der Waals surface area (Å²) in [7, 11) is 0. The molecular weight excluding hydrogens is 248 g/mol. The molecule has 0 fully saturated rings. The maximum absolute atomic E-state index is 9.95. The van der Waals surface area contributed by atoms with Crippen LogP contribution in [0.5, 0.6) is 5.75 Å². The molecule has 2 aromatic carbocycles. The fourth-order valence-corrected chi connectivity index (χ4v) is 1.80. The zero-order valence-electron chi connectivity index (χ0n) is 12.3. The summed E-state index contributed by atoms with van der Waals surface area (Å²) in [6, 6.07) is 18.2. The van der Waals surface area contributed by atoms with Crippen LogP contribution in [-0.2, 0) is 0 Å². The van der Waals surface area contributed by atoms with Crippen molar-refractivity contribution in [2.24, 2.45) is 5.41 Å². The number of aliphatic hydroxyl groups excluding tert-OH is 1. The number of hydrogen-bond donors (Lipinski definition) is 1. The third kappa shape index (κ3) is 3.84. The molecule has 1 N–H and O–H groups in total. The van der Waals surface area contributed by atoms with Crippen molar-refractivity contribution in [2.75, 3.05) is 6.61 Å². The molecule has 0 bridgehead atoms. The van der Waals surface area contributed by atoms with Gasteiger partial charge in [0, 0.05) is 0 Å². The predicted octanol–water partition coefficient (Wildman–Crippen LogP) is 4.14. The lowest BCUT2D eigenvalue weighted by molar-refractivity contribution is 0.0218. The van der Waals surface area contributed by atoms with Crippen LogP contribution in [0.25, 0.3) is 11.1 Å². The van der Waals surface area contributed by atoms with Crippen molar-refractivity contribution < 1.29 is 9.84 Å². The summed E-state index contributed by atoms with van der Waals surface area (Å²) in [6.07, 6.45) is -0.476. The Kier molecular flexibility index (Phi) is 4.46. The van der Waals surface area contributed by atoms with Gasteiger partial charge in [-0.25, -0.2) is 0 Å². The van der Waals surface area contributed by atoms with Gasteiger partial charge in [0.25, 0.3) is 0 Å². The molecule has 0 aliphatic heterocycles. The molecule has 2 heteroatoms. The van der Waals surface area contributed by atoms with E-state index in [9.17, 15) is 5.11 Å². The molecule has 2 rings (SSSR count). The normalized spacial score (nSPS) is 13.0. The summed E-state index contributed by atoms with van der Waals surface area (Å²) >= 11 is 0. The average Bonchev–Trinajstić information content (AvgIpc) is 2.45. The Balaban J connectivity index is 1.99. The molecule has 0 heterocycles. The fraction of sp³-hybridized carbons (Fsp3) is 0.333. The third-order valence-electron chi connectivity index (χ3n) is 3.37. The summed E-state index contributed by atoms with van der Waals surface area (Å²) in [4.78, 5) is 0. The van der Waals surface area contributed by atoms with E-state index >= 15 is 0 Å². The molecule has 0 amide bonds. The summed E-state index contributed by atoms with van der Waals surface area (Å²) in [5.74, 6) is 0.785. The van der Waals surface area contributed by atoms with Crippen LogP contribution in [0, 0.1) is 5.41 Å². The van der Waals surface area contributed by atoms with Gasteiger partial charge in [0.15, 0.2) is 0 Å². The van der Waals surface area contributed by atoms with Crippen LogP contribution in [0.1, 0.15) is 20.8 Å². The first-order valence-electron chi connectivity index (χ1n) is 6.93. The van der Waals surface area contributed by atoms with Gasteiger partial charge in [0.2, 0.25) is 0 Å². The van der Waals surface area contributed by atoms with Crippen molar-refractivity contribution in [1.82, 2.24) is 0 Å². The molecule has 0 saturated carbocycles. The fourth-order valence-electron chi connectivity index (χ4n) is 1.80. The summed E-state index contributed by atoms with van der Waals surface area (Å²) < 4.78 is 5.64. The molecule has 1 atom stereocenters. The first-order valence-corrected chi connectivity index (χ1v) is 6.93. The summed E-state index contributed by atoms with van der Waals surface area (Å²) in [5, 5.41) is 9.95. The molecular formula is C18H22O2. The lowest BCUT2D eigenvalue weighted by atomic mass is 9.90. The molecule has 106 valence electrons. The van der Waals surface area contributed by atoms with E-state index in [0.717, 1.165) is 11.3 Å². The van der Waals surface area contributed by atoms with Gasteiger partial charge in [0.05, 0.1) is 6.10 Å². The number of hydrogen-bond acceptors (Lipinski definition) is 2. The van der Waals surface area contributed by atoms with Gasteiger partial charge in [-0.3, -0.25) is 0 Å². The quantitative estimate of drug-likeness (QED) is 0.904. The van der Waals surface area contributed by atoms with Crippen molar-refractivity contribution in [3.8, 4) is 16.9 Å². The second-order valence-electron chi connectivity index (χ2n) is 6.08. The second kappa shape index (κ2) is 6.10. The topological polar surface area (TPSA) is 29.5 Å². The molecule has 20 heavy (non-hydrogen) atoms. The highest BCUT2D eigenvalue weighted by Crippen LogP contribution is 2.23. The van der Waals surface area contributed by atoms with Crippen LogP contribution < -0.4 is 4.74 Å². The van der Waals surface area contributed by atoms with Gasteiger partial charge < -0.3 is 9.84 Å². The standard InChI is InChI=1S/C18H22O2/c1-18(2,3)17(19)13-20-16-11-9-15(10-12-16)14-7-5-4-6-8-14/h4-12,17,19H,13H2,1-3H3. The smallest absolute Gasteiger partial charge is 0.119 e. The van der Waals surface area contributed by atoms with Crippen molar-refractivity contribution in [3.05, 3.63) is 54.6 Å². The van der Waals surface area contributed by atoms with E-state index in [0.29, 0.717) is 6.61 Å². The minimum absolute atomic E-state index is 0.163. The third-order valence-corrected chi connectivity index (χ3v) is 3.37. The van der Waals surface area contributed by atoms with E-state index in [4.69, 9.17) is 4.74 Å². The molecule has 1 unspecified atom stereocenters. The lowest BCUT2D eigenvalue weighted by Crippen LogP contribution is -2.31. The largest absolute Gasteiger partial charge is 0.491 e. The molecule has 2 aromatic rings. The summed E-state index contributed by atoms with van der Waals surface area (Å²) in [5.41, 5.74) is 2.19. The number of aliphatic hydroxyl groups is 1.